The van der Waals surface area contributed by atoms with E-state index in [9.17, 15) is 4.79 Å². The molecule has 0 aliphatic rings. The van der Waals surface area contributed by atoms with Gasteiger partial charge in [0.05, 0.1) is 0 Å². The van der Waals surface area contributed by atoms with E-state index in [1.54, 1.807) is 18.7 Å². The number of carbonyl (C=O) groups is 1. The van der Waals surface area contributed by atoms with Crippen LogP contribution in [0.5, 0.6) is 5.75 Å². The number of benzene rings is 3. The van der Waals surface area contributed by atoms with Gasteiger partial charge in [-0.25, -0.2) is 0 Å². The highest BCUT2D eigenvalue weighted by molar-refractivity contribution is 7.98. The van der Waals surface area contributed by atoms with Crippen LogP contribution in [0.3, 0.4) is 0 Å². The van der Waals surface area contributed by atoms with Crippen molar-refractivity contribution < 1.29 is 9.53 Å². The Bertz CT molecular complexity index is 985. The maximum atomic E-state index is 12.7. The normalized spacial score (nSPS) is 11.9. The zero-order valence-corrected chi connectivity index (χ0v) is 18.8. The summed E-state index contributed by atoms with van der Waals surface area (Å²) in [4.78, 5) is 14.0. The number of hydrogen-bond acceptors (Lipinski definition) is 3. The molecule has 3 nitrogen and oxygen atoms in total. The first-order valence-electron chi connectivity index (χ1n) is 10.3. The van der Waals surface area contributed by atoms with Crippen LogP contribution in [0.2, 0.25) is 0 Å². The van der Waals surface area contributed by atoms with E-state index in [2.05, 4.69) is 55.6 Å². The Hall–Kier alpha value is -2.72. The Labute approximate surface area is 183 Å². The van der Waals surface area contributed by atoms with Crippen LogP contribution in [-0.4, -0.2) is 12.0 Å². The van der Waals surface area contributed by atoms with E-state index in [0.29, 0.717) is 5.92 Å². The van der Waals surface area contributed by atoms with Crippen molar-refractivity contribution in [3.8, 4) is 5.75 Å². The molecule has 0 spiro atoms. The molecule has 0 saturated carbocycles. The number of anilines is 1. The minimum atomic E-state index is -0.586. The molecule has 0 bridgehead atoms. The summed E-state index contributed by atoms with van der Waals surface area (Å²) in [7, 11) is 0. The SMILES string of the molecule is Cc1cc(CSc2ccccc2)ccc1NC(=O)[C@@H](C)Oc1ccccc1C(C)C. The van der Waals surface area contributed by atoms with Crippen molar-refractivity contribution in [2.75, 3.05) is 5.32 Å². The molecule has 4 heteroatoms. The Morgan fingerprint density at radius 3 is 2.37 bits per heavy atom. The summed E-state index contributed by atoms with van der Waals surface area (Å²) < 4.78 is 5.98. The van der Waals surface area contributed by atoms with Gasteiger partial charge in [0.15, 0.2) is 6.10 Å². The third kappa shape index (κ3) is 5.90. The quantitative estimate of drug-likeness (QED) is 0.407. The van der Waals surface area contributed by atoms with Gasteiger partial charge in [0, 0.05) is 16.3 Å². The van der Waals surface area contributed by atoms with E-state index in [0.717, 1.165) is 28.3 Å². The monoisotopic (exact) mass is 419 g/mol. The minimum Gasteiger partial charge on any atom is -0.481 e. The maximum absolute atomic E-state index is 12.7. The van der Waals surface area contributed by atoms with Crippen LogP contribution in [0.1, 0.15) is 43.4 Å². The van der Waals surface area contributed by atoms with Gasteiger partial charge in [0.1, 0.15) is 5.75 Å². The first-order chi connectivity index (χ1) is 14.4. The van der Waals surface area contributed by atoms with Gasteiger partial charge in [-0.05, 0) is 60.7 Å². The largest absolute Gasteiger partial charge is 0.481 e. The molecule has 3 rings (SSSR count). The predicted molar refractivity (Wildman–Crippen MR) is 126 cm³/mol. The Morgan fingerprint density at radius 2 is 1.67 bits per heavy atom. The number of hydrogen-bond donors (Lipinski definition) is 1. The van der Waals surface area contributed by atoms with Crippen LogP contribution >= 0.6 is 11.8 Å². The van der Waals surface area contributed by atoms with Crippen LogP contribution in [0.25, 0.3) is 0 Å². The first-order valence-corrected chi connectivity index (χ1v) is 11.3. The van der Waals surface area contributed by atoms with Gasteiger partial charge in [-0.3, -0.25) is 4.79 Å². The van der Waals surface area contributed by atoms with Gasteiger partial charge in [-0.15, -0.1) is 11.8 Å². The summed E-state index contributed by atoms with van der Waals surface area (Å²) in [6, 6.07) is 24.4. The van der Waals surface area contributed by atoms with Gasteiger partial charge >= 0.3 is 0 Å². The fourth-order valence-electron chi connectivity index (χ4n) is 3.18. The number of ether oxygens (including phenoxy) is 1. The molecule has 0 aromatic heterocycles. The smallest absolute Gasteiger partial charge is 0.265 e. The molecule has 3 aromatic rings. The van der Waals surface area contributed by atoms with Gasteiger partial charge in [-0.2, -0.15) is 0 Å². The van der Waals surface area contributed by atoms with E-state index in [-0.39, 0.29) is 5.91 Å². The summed E-state index contributed by atoms with van der Waals surface area (Å²) in [5.74, 6) is 1.84. The van der Waals surface area contributed by atoms with E-state index in [1.165, 1.54) is 10.5 Å². The van der Waals surface area contributed by atoms with Crippen molar-refractivity contribution in [2.45, 2.75) is 50.4 Å². The van der Waals surface area contributed by atoms with Crippen molar-refractivity contribution >= 4 is 23.4 Å². The first kappa shape index (κ1) is 22.0. The molecule has 1 amide bonds. The minimum absolute atomic E-state index is 0.150. The molecule has 0 heterocycles. The summed E-state index contributed by atoms with van der Waals surface area (Å²) in [5, 5.41) is 3.01. The zero-order valence-electron chi connectivity index (χ0n) is 18.0. The van der Waals surface area contributed by atoms with E-state index in [4.69, 9.17) is 4.74 Å². The molecule has 0 unspecified atom stereocenters. The lowest BCUT2D eigenvalue weighted by Crippen LogP contribution is -2.30. The van der Waals surface area contributed by atoms with Crippen LogP contribution < -0.4 is 10.1 Å². The van der Waals surface area contributed by atoms with Crippen molar-refractivity contribution in [1.82, 2.24) is 0 Å². The summed E-state index contributed by atoms with van der Waals surface area (Å²) in [5.41, 5.74) is 4.20. The van der Waals surface area contributed by atoms with Gasteiger partial charge < -0.3 is 10.1 Å². The average Bonchev–Trinajstić information content (AvgIpc) is 2.75. The molecule has 156 valence electrons. The molecular weight excluding hydrogens is 390 g/mol. The lowest BCUT2D eigenvalue weighted by atomic mass is 10.0. The molecule has 0 aliphatic carbocycles. The Balaban J connectivity index is 1.61. The van der Waals surface area contributed by atoms with Gasteiger partial charge in [0.2, 0.25) is 0 Å². The van der Waals surface area contributed by atoms with Crippen LogP contribution in [-0.2, 0) is 10.5 Å². The number of thioether (sulfide) groups is 1. The Morgan fingerprint density at radius 1 is 0.967 bits per heavy atom. The lowest BCUT2D eigenvalue weighted by molar-refractivity contribution is -0.122. The highest BCUT2D eigenvalue weighted by Gasteiger charge is 2.18. The number of amides is 1. The van der Waals surface area contributed by atoms with Crippen molar-refractivity contribution in [3.63, 3.8) is 0 Å². The number of carbonyl (C=O) groups excluding carboxylic acids is 1. The molecule has 0 saturated heterocycles. The zero-order chi connectivity index (χ0) is 21.5. The molecule has 3 aromatic carbocycles. The van der Waals surface area contributed by atoms with E-state index >= 15 is 0 Å². The fraction of sp³-hybridized carbons (Fsp3) is 0.269. The molecule has 1 N–H and O–H groups in total. The topological polar surface area (TPSA) is 38.3 Å². The maximum Gasteiger partial charge on any atom is 0.265 e. The number of para-hydroxylation sites is 1. The molecule has 0 radical (unpaired) electrons. The molecular formula is C26H29NO2S. The standard InChI is InChI=1S/C26H29NO2S/c1-18(2)23-12-8-9-13-25(23)29-20(4)26(28)27-24-15-14-21(16-19(24)3)17-30-22-10-6-5-7-11-22/h5-16,18,20H,17H2,1-4H3,(H,27,28)/t20-/m1/s1. The second kappa shape index (κ2) is 10.4. The second-order valence-corrected chi connectivity index (χ2v) is 8.74. The fourth-order valence-corrected chi connectivity index (χ4v) is 4.04. The third-order valence-electron chi connectivity index (χ3n) is 4.91. The highest BCUT2D eigenvalue weighted by atomic mass is 32.2. The second-order valence-electron chi connectivity index (χ2n) is 7.69. The Kier molecular flexibility index (Phi) is 7.58. The van der Waals surface area contributed by atoms with Crippen molar-refractivity contribution in [1.29, 1.82) is 0 Å². The van der Waals surface area contributed by atoms with Crippen molar-refractivity contribution in [2.24, 2.45) is 0 Å². The summed E-state index contributed by atoms with van der Waals surface area (Å²) in [6.07, 6.45) is -0.586. The van der Waals surface area contributed by atoms with Gasteiger partial charge in [0.25, 0.3) is 5.91 Å². The molecule has 0 fully saturated rings. The van der Waals surface area contributed by atoms with Crippen LogP contribution in [0.4, 0.5) is 5.69 Å². The highest BCUT2D eigenvalue weighted by Crippen LogP contribution is 2.28. The lowest BCUT2D eigenvalue weighted by Gasteiger charge is -2.19. The molecule has 0 aliphatic heterocycles. The van der Waals surface area contributed by atoms with E-state index < -0.39 is 6.10 Å². The van der Waals surface area contributed by atoms with Crippen molar-refractivity contribution in [3.05, 3.63) is 89.5 Å². The third-order valence-corrected chi connectivity index (χ3v) is 5.99. The number of nitrogens with one attached hydrogen (secondary N) is 1. The summed E-state index contributed by atoms with van der Waals surface area (Å²) >= 11 is 1.80. The molecule has 30 heavy (non-hydrogen) atoms. The number of rotatable bonds is 8. The summed E-state index contributed by atoms with van der Waals surface area (Å²) in [6.45, 7) is 8.04. The molecule has 1 atom stereocenters. The van der Waals surface area contributed by atoms with Crippen LogP contribution in [0, 0.1) is 6.92 Å². The van der Waals surface area contributed by atoms with E-state index in [1.807, 2.05) is 43.3 Å². The average molecular weight is 420 g/mol. The predicted octanol–water partition coefficient (Wildman–Crippen LogP) is 6.82. The number of aryl methyl sites for hydroxylation is 1. The van der Waals surface area contributed by atoms with Gasteiger partial charge in [-0.1, -0.05) is 62.4 Å². The van der Waals surface area contributed by atoms with Crippen LogP contribution in [0.15, 0.2) is 77.7 Å².